The van der Waals surface area contributed by atoms with E-state index >= 15 is 0 Å². The monoisotopic (exact) mass is 364 g/mol. The van der Waals surface area contributed by atoms with Crippen molar-refractivity contribution in [3.05, 3.63) is 48.5 Å². The van der Waals surface area contributed by atoms with Crippen LogP contribution in [-0.2, 0) is 9.59 Å². The standard InChI is InChI=1S/C21H24N4O2/c26-20(14-19-21(27)24-18-7-3-2-6-17(18)23-19)22-15-8-10-16(11-9-15)25-12-4-1-5-13-25/h2-3,6-11,19,23H,1,4-5,12-14H2,(H,22,26)(H,24,27)/t19-/m1/s1. The van der Waals surface area contributed by atoms with Gasteiger partial charge in [0.05, 0.1) is 17.8 Å². The predicted molar refractivity (Wildman–Crippen MR) is 108 cm³/mol. The van der Waals surface area contributed by atoms with Crippen molar-refractivity contribution in [3.63, 3.8) is 0 Å². The molecular formula is C21H24N4O2. The number of carbonyl (C=O) groups excluding carboxylic acids is 2. The van der Waals surface area contributed by atoms with Gasteiger partial charge in [-0.1, -0.05) is 12.1 Å². The zero-order valence-electron chi connectivity index (χ0n) is 15.2. The summed E-state index contributed by atoms with van der Waals surface area (Å²) in [6.07, 6.45) is 3.85. The van der Waals surface area contributed by atoms with Gasteiger partial charge in [0, 0.05) is 24.5 Å². The molecule has 3 N–H and O–H groups in total. The van der Waals surface area contributed by atoms with Crippen LogP contribution in [0.3, 0.4) is 0 Å². The van der Waals surface area contributed by atoms with Crippen LogP contribution >= 0.6 is 0 Å². The van der Waals surface area contributed by atoms with Gasteiger partial charge in [0.15, 0.2) is 0 Å². The molecule has 1 saturated heterocycles. The molecule has 2 aliphatic heterocycles. The van der Waals surface area contributed by atoms with E-state index in [0.29, 0.717) is 0 Å². The maximum Gasteiger partial charge on any atom is 0.247 e. The fourth-order valence-corrected chi connectivity index (χ4v) is 3.64. The molecule has 1 fully saturated rings. The molecule has 0 aromatic heterocycles. The van der Waals surface area contributed by atoms with Crippen molar-refractivity contribution in [3.8, 4) is 0 Å². The first-order valence-corrected chi connectivity index (χ1v) is 9.50. The van der Waals surface area contributed by atoms with Crippen LogP contribution in [0, 0.1) is 0 Å². The molecule has 27 heavy (non-hydrogen) atoms. The quantitative estimate of drug-likeness (QED) is 0.777. The molecule has 2 aromatic carbocycles. The summed E-state index contributed by atoms with van der Waals surface area (Å²) in [4.78, 5) is 27.0. The molecule has 0 spiro atoms. The Morgan fingerprint density at radius 3 is 2.44 bits per heavy atom. The van der Waals surface area contributed by atoms with Gasteiger partial charge in [0.25, 0.3) is 0 Å². The Labute approximate surface area is 158 Å². The third-order valence-corrected chi connectivity index (χ3v) is 5.09. The highest BCUT2D eigenvalue weighted by Crippen LogP contribution is 2.27. The molecule has 2 amide bonds. The Kier molecular flexibility index (Phi) is 4.96. The maximum atomic E-state index is 12.4. The van der Waals surface area contributed by atoms with E-state index in [1.807, 2.05) is 48.5 Å². The first kappa shape index (κ1) is 17.4. The van der Waals surface area contributed by atoms with Crippen LogP contribution in [0.4, 0.5) is 22.7 Å². The number of para-hydroxylation sites is 2. The highest BCUT2D eigenvalue weighted by Gasteiger charge is 2.27. The van der Waals surface area contributed by atoms with E-state index in [9.17, 15) is 9.59 Å². The number of hydrogen-bond acceptors (Lipinski definition) is 4. The van der Waals surface area contributed by atoms with E-state index in [4.69, 9.17) is 0 Å². The van der Waals surface area contributed by atoms with E-state index in [-0.39, 0.29) is 18.2 Å². The normalized spacial score (nSPS) is 18.9. The fraction of sp³-hybridized carbons (Fsp3) is 0.333. The Hall–Kier alpha value is -3.02. The van der Waals surface area contributed by atoms with Gasteiger partial charge in [0.1, 0.15) is 6.04 Å². The predicted octanol–water partition coefficient (Wildman–Crippen LogP) is 3.44. The Bertz CT molecular complexity index is 828. The van der Waals surface area contributed by atoms with Crippen molar-refractivity contribution in [2.45, 2.75) is 31.7 Å². The van der Waals surface area contributed by atoms with Crippen LogP contribution in [0.15, 0.2) is 48.5 Å². The average molecular weight is 364 g/mol. The molecule has 0 radical (unpaired) electrons. The molecule has 140 valence electrons. The van der Waals surface area contributed by atoms with E-state index < -0.39 is 6.04 Å². The summed E-state index contributed by atoms with van der Waals surface area (Å²) >= 11 is 0. The average Bonchev–Trinajstić information content (AvgIpc) is 2.70. The largest absolute Gasteiger partial charge is 0.372 e. The number of hydrogen-bond donors (Lipinski definition) is 3. The summed E-state index contributed by atoms with van der Waals surface area (Å²) < 4.78 is 0. The summed E-state index contributed by atoms with van der Waals surface area (Å²) in [6, 6.07) is 14.8. The van der Waals surface area contributed by atoms with Crippen molar-refractivity contribution in [1.29, 1.82) is 0 Å². The lowest BCUT2D eigenvalue weighted by Gasteiger charge is -2.29. The summed E-state index contributed by atoms with van der Waals surface area (Å²) in [5.74, 6) is -0.378. The molecule has 4 rings (SSSR count). The van der Waals surface area contributed by atoms with Gasteiger partial charge in [-0.15, -0.1) is 0 Å². The molecule has 6 nitrogen and oxygen atoms in total. The van der Waals surface area contributed by atoms with Gasteiger partial charge in [0.2, 0.25) is 11.8 Å². The molecule has 0 saturated carbocycles. The van der Waals surface area contributed by atoms with Crippen molar-refractivity contribution < 1.29 is 9.59 Å². The van der Waals surface area contributed by atoms with E-state index in [1.54, 1.807) is 0 Å². The minimum atomic E-state index is -0.576. The lowest BCUT2D eigenvalue weighted by molar-refractivity contribution is -0.122. The van der Waals surface area contributed by atoms with Gasteiger partial charge in [-0.3, -0.25) is 9.59 Å². The van der Waals surface area contributed by atoms with Gasteiger partial charge < -0.3 is 20.9 Å². The lowest BCUT2D eigenvalue weighted by atomic mass is 10.1. The molecule has 2 aromatic rings. The lowest BCUT2D eigenvalue weighted by Crippen LogP contribution is -2.41. The number of rotatable bonds is 4. The molecule has 1 atom stereocenters. The zero-order chi connectivity index (χ0) is 18.6. The second-order valence-electron chi connectivity index (χ2n) is 7.08. The minimum Gasteiger partial charge on any atom is -0.372 e. The molecule has 2 aliphatic rings. The van der Waals surface area contributed by atoms with Crippen LogP contribution in [0.5, 0.6) is 0 Å². The second-order valence-corrected chi connectivity index (χ2v) is 7.08. The Morgan fingerprint density at radius 1 is 1.00 bits per heavy atom. The molecule has 6 heteroatoms. The molecule has 0 unspecified atom stereocenters. The van der Waals surface area contributed by atoms with Crippen LogP contribution in [0.1, 0.15) is 25.7 Å². The van der Waals surface area contributed by atoms with Gasteiger partial charge in [-0.2, -0.15) is 0 Å². The molecule has 0 bridgehead atoms. The van der Waals surface area contributed by atoms with Crippen LogP contribution in [-0.4, -0.2) is 30.9 Å². The first-order valence-electron chi connectivity index (χ1n) is 9.50. The minimum absolute atomic E-state index is 0.0774. The number of amides is 2. The summed E-state index contributed by atoms with van der Waals surface area (Å²) in [7, 11) is 0. The van der Waals surface area contributed by atoms with Crippen molar-refractivity contribution >= 4 is 34.6 Å². The van der Waals surface area contributed by atoms with Crippen molar-refractivity contribution in [2.75, 3.05) is 33.9 Å². The number of nitrogens with zero attached hydrogens (tertiary/aromatic N) is 1. The van der Waals surface area contributed by atoms with Crippen LogP contribution < -0.4 is 20.9 Å². The number of piperidine rings is 1. The number of benzene rings is 2. The maximum absolute atomic E-state index is 12.4. The van der Waals surface area contributed by atoms with E-state index in [0.717, 1.165) is 30.2 Å². The number of anilines is 4. The van der Waals surface area contributed by atoms with Crippen molar-refractivity contribution in [1.82, 2.24) is 0 Å². The second kappa shape index (κ2) is 7.70. The molecular weight excluding hydrogens is 340 g/mol. The van der Waals surface area contributed by atoms with Gasteiger partial charge in [-0.25, -0.2) is 0 Å². The third-order valence-electron chi connectivity index (χ3n) is 5.09. The topological polar surface area (TPSA) is 73.5 Å². The number of fused-ring (bicyclic) bond motifs is 1. The molecule has 0 aliphatic carbocycles. The van der Waals surface area contributed by atoms with E-state index in [1.165, 1.54) is 24.9 Å². The Balaban J connectivity index is 1.35. The first-order chi connectivity index (χ1) is 13.2. The third kappa shape index (κ3) is 4.05. The number of nitrogens with one attached hydrogen (secondary N) is 3. The smallest absolute Gasteiger partial charge is 0.247 e. The SMILES string of the molecule is O=C(C[C@H]1Nc2ccccc2NC1=O)Nc1ccc(N2CCCCC2)cc1. The Morgan fingerprint density at radius 2 is 1.70 bits per heavy atom. The van der Waals surface area contributed by atoms with Crippen molar-refractivity contribution in [2.24, 2.45) is 0 Å². The van der Waals surface area contributed by atoms with Gasteiger partial charge in [-0.05, 0) is 55.7 Å². The summed E-state index contributed by atoms with van der Waals surface area (Å²) in [6.45, 7) is 2.19. The summed E-state index contributed by atoms with van der Waals surface area (Å²) in [5, 5.41) is 8.86. The highest BCUT2D eigenvalue weighted by molar-refractivity contribution is 6.06. The fourth-order valence-electron chi connectivity index (χ4n) is 3.64. The molecule has 2 heterocycles. The highest BCUT2D eigenvalue weighted by atomic mass is 16.2. The van der Waals surface area contributed by atoms with E-state index in [2.05, 4.69) is 20.9 Å². The zero-order valence-corrected chi connectivity index (χ0v) is 15.2. The van der Waals surface area contributed by atoms with Crippen LogP contribution in [0.2, 0.25) is 0 Å². The summed E-state index contributed by atoms with van der Waals surface area (Å²) in [5.41, 5.74) is 3.52. The number of carbonyl (C=O) groups is 2. The van der Waals surface area contributed by atoms with Gasteiger partial charge >= 0.3 is 0 Å². The van der Waals surface area contributed by atoms with Crippen LogP contribution in [0.25, 0.3) is 0 Å².